The van der Waals surface area contributed by atoms with Crippen LogP contribution in [0.2, 0.25) is 0 Å². The Morgan fingerprint density at radius 3 is 0.783 bits per heavy atom. The molecule has 0 N–H and O–H groups in total. The van der Waals surface area contributed by atoms with Crippen LogP contribution in [-0.2, 0) is 4.32 Å². The van der Waals surface area contributed by atoms with Gasteiger partial charge >= 0.3 is 0 Å². The molecule has 6 rings (SSSR count). The lowest BCUT2D eigenvalue weighted by Gasteiger charge is -2.33. The minimum Gasteiger partial charge on any atom is -0.0695 e. The predicted octanol–water partition coefficient (Wildman–Crippen LogP) is 12.6. The first-order chi connectivity index (χ1) is 21.7. The van der Waals surface area contributed by atoms with Gasteiger partial charge in [0.05, 0.1) is 0 Å². The molecule has 0 fully saturated rings. The number of benzene rings is 5. The van der Waals surface area contributed by atoms with E-state index in [4.69, 9.17) is 0 Å². The molecule has 0 spiro atoms. The Labute approximate surface area is 285 Å². The molecule has 0 aliphatic heterocycles. The Bertz CT molecular complexity index is 1870. The number of hydrogen-bond donors (Lipinski definition) is 0. The maximum absolute atomic E-state index is 4.66. The van der Waals surface area contributed by atoms with Crippen LogP contribution in [-0.4, -0.2) is 0 Å². The van der Waals surface area contributed by atoms with Gasteiger partial charge in [0.1, 0.15) is 4.32 Å². The molecule has 0 unspecified atom stereocenters. The van der Waals surface area contributed by atoms with E-state index >= 15 is 0 Å². The van der Waals surface area contributed by atoms with Crippen molar-refractivity contribution in [1.82, 2.24) is 0 Å². The summed E-state index contributed by atoms with van der Waals surface area (Å²) in [4.78, 5) is 0. The van der Waals surface area contributed by atoms with Gasteiger partial charge in [-0.25, -0.2) is 0 Å². The van der Waals surface area contributed by atoms with Crippen molar-refractivity contribution < 1.29 is 0 Å². The molecule has 1 aliphatic carbocycles. The standard InChI is InChI=1S/C45H45Br/c1-26-11-27(2)17-36(16-26)41-42(37-18-28(3)12-29(4)19-37)44(39-22-32(7)14-33(8)23-39)45(46,40-24-34(9)15-35(10)25-40)43(41)38-20-30(5)13-31(6)21-38/h11-25H,1-10H3. The van der Waals surface area contributed by atoms with Crippen LogP contribution >= 0.6 is 15.9 Å². The summed E-state index contributed by atoms with van der Waals surface area (Å²) in [5.41, 5.74) is 24.2. The number of hydrogen-bond acceptors (Lipinski definition) is 0. The Kier molecular flexibility index (Phi) is 8.36. The number of rotatable bonds is 5. The quantitative estimate of drug-likeness (QED) is 0.164. The molecule has 5 aromatic rings. The van der Waals surface area contributed by atoms with Crippen molar-refractivity contribution in [1.29, 1.82) is 0 Å². The molecule has 1 aliphatic rings. The highest BCUT2D eigenvalue weighted by molar-refractivity contribution is 9.10. The molecule has 0 radical (unpaired) electrons. The molecular weight excluding hydrogens is 620 g/mol. The molecule has 0 saturated heterocycles. The average molecular weight is 666 g/mol. The van der Waals surface area contributed by atoms with Crippen LogP contribution in [0.25, 0.3) is 22.3 Å². The van der Waals surface area contributed by atoms with Gasteiger partial charge in [0.2, 0.25) is 0 Å². The highest BCUT2D eigenvalue weighted by Crippen LogP contribution is 2.65. The van der Waals surface area contributed by atoms with Gasteiger partial charge in [-0.2, -0.15) is 0 Å². The normalized spacial score (nSPS) is 14.4. The van der Waals surface area contributed by atoms with Gasteiger partial charge < -0.3 is 0 Å². The van der Waals surface area contributed by atoms with Crippen molar-refractivity contribution in [2.45, 2.75) is 73.6 Å². The van der Waals surface area contributed by atoms with Crippen molar-refractivity contribution in [3.8, 4) is 0 Å². The molecule has 0 bridgehead atoms. The number of aryl methyl sites for hydroxylation is 10. The van der Waals surface area contributed by atoms with Crippen LogP contribution < -0.4 is 0 Å². The molecule has 0 atom stereocenters. The summed E-state index contributed by atoms with van der Waals surface area (Å²) in [5, 5.41) is 0. The lowest BCUT2D eigenvalue weighted by Crippen LogP contribution is -2.21. The first kappa shape index (κ1) is 32.0. The summed E-state index contributed by atoms with van der Waals surface area (Å²) < 4.78 is -0.621. The zero-order valence-corrected chi connectivity index (χ0v) is 30.6. The Balaban J connectivity index is 1.93. The molecule has 0 saturated carbocycles. The molecule has 5 aromatic carbocycles. The lowest BCUT2D eigenvalue weighted by atomic mass is 9.79. The summed E-state index contributed by atoms with van der Waals surface area (Å²) in [6, 6.07) is 35.2. The second-order valence-corrected chi connectivity index (χ2v) is 15.2. The molecular formula is C45H45Br. The molecule has 0 heterocycles. The Morgan fingerprint density at radius 1 is 0.304 bits per heavy atom. The highest BCUT2D eigenvalue weighted by atomic mass is 79.9. The molecule has 232 valence electrons. The summed E-state index contributed by atoms with van der Waals surface area (Å²) >= 11 is 4.66. The van der Waals surface area contributed by atoms with E-state index in [1.807, 2.05) is 0 Å². The smallest absolute Gasteiger partial charge is 0.0695 e. The predicted molar refractivity (Wildman–Crippen MR) is 204 cm³/mol. The monoisotopic (exact) mass is 664 g/mol. The molecule has 0 amide bonds. The number of allylic oxidation sites excluding steroid dienone is 4. The van der Waals surface area contributed by atoms with Crippen LogP contribution in [0.1, 0.15) is 83.5 Å². The minimum absolute atomic E-state index is 0.621. The SMILES string of the molecule is Cc1cc(C)cc(C2=C(c3cc(C)cc(C)c3)C(Br)(c3cc(C)cc(C)c3)C(c3cc(C)cc(C)c3)=C2c2cc(C)cc(C)c2)c1. The van der Waals surface area contributed by atoms with Gasteiger partial charge in [-0.05, 0) is 119 Å². The van der Waals surface area contributed by atoms with Gasteiger partial charge in [0.15, 0.2) is 0 Å². The zero-order valence-electron chi connectivity index (χ0n) is 29.0. The van der Waals surface area contributed by atoms with Gasteiger partial charge in [0, 0.05) is 0 Å². The minimum atomic E-state index is -0.621. The fourth-order valence-corrected chi connectivity index (χ4v) is 9.00. The van der Waals surface area contributed by atoms with Crippen LogP contribution in [0.5, 0.6) is 0 Å². The third-order valence-electron chi connectivity index (χ3n) is 9.10. The first-order valence-corrected chi connectivity index (χ1v) is 17.1. The number of alkyl halides is 1. The second-order valence-electron chi connectivity index (χ2n) is 14.0. The fourth-order valence-electron chi connectivity index (χ4n) is 7.92. The van der Waals surface area contributed by atoms with Crippen molar-refractivity contribution in [3.63, 3.8) is 0 Å². The van der Waals surface area contributed by atoms with Gasteiger partial charge in [-0.15, -0.1) is 0 Å². The highest BCUT2D eigenvalue weighted by Gasteiger charge is 2.48. The van der Waals surface area contributed by atoms with E-state index in [0.717, 1.165) is 0 Å². The van der Waals surface area contributed by atoms with E-state index < -0.39 is 4.32 Å². The van der Waals surface area contributed by atoms with Crippen molar-refractivity contribution >= 4 is 38.2 Å². The van der Waals surface area contributed by atoms with Crippen molar-refractivity contribution in [2.24, 2.45) is 0 Å². The average Bonchev–Trinajstić information content (AvgIpc) is 3.21. The van der Waals surface area contributed by atoms with Gasteiger partial charge in [0.25, 0.3) is 0 Å². The van der Waals surface area contributed by atoms with Crippen LogP contribution in [0, 0.1) is 69.2 Å². The van der Waals surface area contributed by atoms with Crippen molar-refractivity contribution in [3.05, 3.63) is 174 Å². The first-order valence-electron chi connectivity index (χ1n) is 16.3. The van der Waals surface area contributed by atoms with Crippen LogP contribution in [0.15, 0.2) is 91.0 Å². The summed E-state index contributed by atoms with van der Waals surface area (Å²) in [6.07, 6.45) is 0. The summed E-state index contributed by atoms with van der Waals surface area (Å²) in [6.45, 7) is 22.2. The van der Waals surface area contributed by atoms with E-state index in [0.29, 0.717) is 0 Å². The molecule has 46 heavy (non-hydrogen) atoms. The molecule has 1 heteroatoms. The molecule has 0 aromatic heterocycles. The third kappa shape index (κ3) is 5.87. The fraction of sp³-hybridized carbons (Fsp3) is 0.244. The second kappa shape index (κ2) is 12.0. The van der Waals surface area contributed by atoms with E-state index in [2.05, 4.69) is 176 Å². The van der Waals surface area contributed by atoms with Gasteiger partial charge in [-0.3, -0.25) is 0 Å². The Morgan fingerprint density at radius 2 is 0.522 bits per heavy atom. The van der Waals surface area contributed by atoms with Crippen LogP contribution in [0.3, 0.4) is 0 Å². The maximum atomic E-state index is 4.66. The van der Waals surface area contributed by atoms with Crippen LogP contribution in [0.4, 0.5) is 0 Å². The lowest BCUT2D eigenvalue weighted by molar-refractivity contribution is 1.06. The van der Waals surface area contributed by atoms with E-state index in [1.54, 1.807) is 0 Å². The van der Waals surface area contributed by atoms with E-state index in [1.165, 1.54) is 106 Å². The Hall–Kier alpha value is -3.94. The largest absolute Gasteiger partial charge is 0.103 e. The maximum Gasteiger partial charge on any atom is 0.103 e. The van der Waals surface area contributed by atoms with E-state index in [9.17, 15) is 0 Å². The number of halogens is 1. The van der Waals surface area contributed by atoms with Crippen molar-refractivity contribution in [2.75, 3.05) is 0 Å². The topological polar surface area (TPSA) is 0 Å². The molecule has 0 nitrogen and oxygen atoms in total. The zero-order chi connectivity index (χ0) is 33.1. The summed E-state index contributed by atoms with van der Waals surface area (Å²) in [5.74, 6) is 0. The van der Waals surface area contributed by atoms with E-state index in [-0.39, 0.29) is 0 Å². The summed E-state index contributed by atoms with van der Waals surface area (Å²) in [7, 11) is 0. The van der Waals surface area contributed by atoms with Gasteiger partial charge in [-0.1, -0.05) is 163 Å². The third-order valence-corrected chi connectivity index (χ3v) is 10.4.